The van der Waals surface area contributed by atoms with Gasteiger partial charge in [0.2, 0.25) is 0 Å². The van der Waals surface area contributed by atoms with Crippen molar-refractivity contribution in [3.05, 3.63) is 90.5 Å². The highest BCUT2D eigenvalue weighted by atomic mass is 16.4. The number of likely N-dealkylation sites (N-methyl/N-ethyl adjacent to an activating group) is 1. The molecular formula is C28H25N5O2. The van der Waals surface area contributed by atoms with Gasteiger partial charge in [-0.2, -0.15) is 0 Å². The number of aliphatic carboxylic acids is 1. The van der Waals surface area contributed by atoms with E-state index in [2.05, 4.69) is 27.1 Å². The van der Waals surface area contributed by atoms with Crippen LogP contribution in [-0.4, -0.2) is 49.5 Å². The van der Waals surface area contributed by atoms with Crippen molar-refractivity contribution in [3.63, 3.8) is 0 Å². The van der Waals surface area contributed by atoms with Crippen LogP contribution in [0.1, 0.15) is 11.3 Å². The molecule has 5 aromatic rings. The van der Waals surface area contributed by atoms with Gasteiger partial charge < -0.3 is 10.1 Å². The van der Waals surface area contributed by atoms with E-state index in [0.29, 0.717) is 6.54 Å². The zero-order valence-corrected chi connectivity index (χ0v) is 19.6. The van der Waals surface area contributed by atoms with Gasteiger partial charge in [0.05, 0.1) is 17.9 Å². The van der Waals surface area contributed by atoms with Crippen LogP contribution in [0, 0.1) is 6.92 Å². The molecule has 0 spiro atoms. The number of rotatable bonds is 7. The highest BCUT2D eigenvalue weighted by Gasteiger charge is 2.13. The van der Waals surface area contributed by atoms with E-state index in [1.807, 2.05) is 74.0 Å². The number of nitrogens with one attached hydrogen (secondary N) is 1. The molecule has 2 N–H and O–H groups in total. The van der Waals surface area contributed by atoms with Gasteiger partial charge in [-0.05, 0) is 61.0 Å². The van der Waals surface area contributed by atoms with Crippen LogP contribution in [0.15, 0.2) is 79.3 Å². The van der Waals surface area contributed by atoms with Crippen molar-refractivity contribution >= 4 is 17.0 Å². The van der Waals surface area contributed by atoms with Gasteiger partial charge in [-0.25, -0.2) is 4.98 Å². The molecule has 0 unspecified atom stereocenters. The minimum Gasteiger partial charge on any atom is -0.480 e. The summed E-state index contributed by atoms with van der Waals surface area (Å²) in [5, 5.41) is 9.99. The monoisotopic (exact) mass is 463 g/mol. The maximum absolute atomic E-state index is 10.9. The maximum Gasteiger partial charge on any atom is 0.317 e. The molecule has 0 fully saturated rings. The lowest BCUT2D eigenvalue weighted by molar-refractivity contribution is -0.138. The summed E-state index contributed by atoms with van der Waals surface area (Å²) in [5.41, 5.74) is 8.52. The summed E-state index contributed by atoms with van der Waals surface area (Å²) >= 11 is 0. The number of aromatic amines is 1. The Morgan fingerprint density at radius 2 is 1.74 bits per heavy atom. The number of aromatic nitrogens is 4. The van der Waals surface area contributed by atoms with Crippen molar-refractivity contribution in [1.82, 2.24) is 24.8 Å². The third-order valence-corrected chi connectivity index (χ3v) is 5.87. The van der Waals surface area contributed by atoms with E-state index in [1.54, 1.807) is 11.9 Å². The van der Waals surface area contributed by atoms with E-state index >= 15 is 0 Å². The third-order valence-electron chi connectivity index (χ3n) is 5.87. The maximum atomic E-state index is 10.9. The van der Waals surface area contributed by atoms with E-state index in [-0.39, 0.29) is 6.54 Å². The summed E-state index contributed by atoms with van der Waals surface area (Å²) in [5.74, 6) is -0.832. The average molecular weight is 464 g/mol. The Morgan fingerprint density at radius 3 is 2.51 bits per heavy atom. The zero-order chi connectivity index (χ0) is 24.4. The van der Waals surface area contributed by atoms with E-state index in [1.165, 1.54) is 0 Å². The van der Waals surface area contributed by atoms with Crippen molar-refractivity contribution in [1.29, 1.82) is 0 Å². The molecule has 5 rings (SSSR count). The smallest absolute Gasteiger partial charge is 0.317 e. The molecule has 0 aliphatic rings. The molecule has 0 bridgehead atoms. The quantitative estimate of drug-likeness (QED) is 0.345. The number of nitrogens with zero attached hydrogens (tertiary/aromatic N) is 4. The Balaban J connectivity index is 1.49. The van der Waals surface area contributed by atoms with Crippen LogP contribution in [0.5, 0.6) is 0 Å². The van der Waals surface area contributed by atoms with Crippen LogP contribution in [0.2, 0.25) is 0 Å². The predicted octanol–water partition coefficient (Wildman–Crippen LogP) is 5.18. The average Bonchev–Trinajstić information content (AvgIpc) is 3.32. The predicted molar refractivity (Wildman–Crippen MR) is 137 cm³/mol. The van der Waals surface area contributed by atoms with Gasteiger partial charge >= 0.3 is 5.97 Å². The van der Waals surface area contributed by atoms with Crippen molar-refractivity contribution in [2.45, 2.75) is 13.5 Å². The van der Waals surface area contributed by atoms with Gasteiger partial charge in [0, 0.05) is 47.3 Å². The molecule has 0 saturated carbocycles. The zero-order valence-electron chi connectivity index (χ0n) is 19.6. The van der Waals surface area contributed by atoms with E-state index in [4.69, 9.17) is 10.1 Å². The van der Waals surface area contributed by atoms with Crippen LogP contribution in [0.3, 0.4) is 0 Å². The Morgan fingerprint density at radius 1 is 0.943 bits per heavy atom. The van der Waals surface area contributed by atoms with Gasteiger partial charge in [0.15, 0.2) is 0 Å². The van der Waals surface area contributed by atoms with E-state index < -0.39 is 5.97 Å². The molecule has 7 nitrogen and oxygen atoms in total. The second-order valence-electron chi connectivity index (χ2n) is 8.68. The summed E-state index contributed by atoms with van der Waals surface area (Å²) in [4.78, 5) is 29.9. The molecule has 1 aromatic carbocycles. The first-order chi connectivity index (χ1) is 17.0. The number of benzene rings is 1. The van der Waals surface area contributed by atoms with Crippen LogP contribution in [0.4, 0.5) is 0 Å². The summed E-state index contributed by atoms with van der Waals surface area (Å²) in [6, 6.07) is 20.3. The molecule has 7 heteroatoms. The second-order valence-corrected chi connectivity index (χ2v) is 8.68. The topological polar surface area (TPSA) is 95.0 Å². The number of aryl methyl sites for hydroxylation is 1. The molecule has 4 heterocycles. The number of H-pyrrole nitrogens is 1. The van der Waals surface area contributed by atoms with Gasteiger partial charge in [-0.15, -0.1) is 0 Å². The summed E-state index contributed by atoms with van der Waals surface area (Å²) < 4.78 is 0. The molecule has 0 amide bonds. The molecule has 0 radical (unpaired) electrons. The minimum absolute atomic E-state index is 0.00727. The first kappa shape index (κ1) is 22.4. The van der Waals surface area contributed by atoms with Gasteiger partial charge in [0.1, 0.15) is 5.65 Å². The summed E-state index contributed by atoms with van der Waals surface area (Å²) in [6.45, 7) is 2.55. The normalized spacial score (nSPS) is 11.3. The molecule has 174 valence electrons. The fourth-order valence-electron chi connectivity index (χ4n) is 4.24. The summed E-state index contributed by atoms with van der Waals surface area (Å²) in [7, 11) is 1.80. The number of carboxylic acid groups (broad SMARTS) is 1. The largest absolute Gasteiger partial charge is 0.480 e. The van der Waals surface area contributed by atoms with Crippen LogP contribution in [0.25, 0.3) is 44.7 Å². The number of pyridine rings is 3. The fraction of sp³-hybridized carbons (Fsp3) is 0.143. The Bertz CT molecular complexity index is 1510. The van der Waals surface area contributed by atoms with Crippen LogP contribution >= 0.6 is 0 Å². The van der Waals surface area contributed by atoms with E-state index in [0.717, 1.165) is 55.9 Å². The van der Waals surface area contributed by atoms with Gasteiger partial charge in [-0.3, -0.25) is 19.7 Å². The number of carbonyl (C=O) groups is 1. The number of carboxylic acids is 1. The standard InChI is InChI=1S/C28H25N5O2/c1-18-4-3-5-25(31-18)26-13-24(23-10-11-30-28(23)32-26)22-12-21(14-29-15-22)20-8-6-19(7-9-20)16-33(2)17-27(34)35/h3-15H,16-17H2,1-2H3,(H,30,32)(H,34,35). The number of hydrogen-bond acceptors (Lipinski definition) is 5. The van der Waals surface area contributed by atoms with Gasteiger partial charge in [-0.1, -0.05) is 30.3 Å². The lowest BCUT2D eigenvalue weighted by Gasteiger charge is -2.14. The highest BCUT2D eigenvalue weighted by molar-refractivity contribution is 5.95. The molecule has 0 aliphatic heterocycles. The van der Waals surface area contributed by atoms with Crippen molar-refractivity contribution in [2.24, 2.45) is 0 Å². The third kappa shape index (κ3) is 4.95. The van der Waals surface area contributed by atoms with Gasteiger partial charge in [0.25, 0.3) is 0 Å². The fourth-order valence-corrected chi connectivity index (χ4v) is 4.24. The lowest BCUT2D eigenvalue weighted by atomic mass is 9.99. The molecule has 35 heavy (non-hydrogen) atoms. The molecule has 4 aromatic heterocycles. The SMILES string of the molecule is Cc1cccc(-c2cc(-c3cncc(-c4ccc(CN(C)CC(=O)O)cc4)c3)c3cc[nH]c3n2)n1. The molecule has 0 saturated heterocycles. The molecule has 0 atom stereocenters. The number of hydrogen-bond donors (Lipinski definition) is 2. The van der Waals surface area contributed by atoms with Crippen molar-refractivity contribution in [2.75, 3.05) is 13.6 Å². The lowest BCUT2D eigenvalue weighted by Crippen LogP contribution is -2.25. The Labute approximate surface area is 203 Å². The molecular weight excluding hydrogens is 438 g/mol. The van der Waals surface area contributed by atoms with Crippen LogP contribution < -0.4 is 0 Å². The Kier molecular flexibility index (Phi) is 6.08. The molecule has 0 aliphatic carbocycles. The highest BCUT2D eigenvalue weighted by Crippen LogP contribution is 2.33. The van der Waals surface area contributed by atoms with E-state index in [9.17, 15) is 4.79 Å². The van der Waals surface area contributed by atoms with Crippen molar-refractivity contribution in [3.8, 4) is 33.6 Å². The minimum atomic E-state index is -0.832. The van der Waals surface area contributed by atoms with Crippen molar-refractivity contribution < 1.29 is 9.90 Å². The number of fused-ring (bicyclic) bond motifs is 1. The second kappa shape index (κ2) is 9.48. The Hall–Kier alpha value is -4.36. The first-order valence-electron chi connectivity index (χ1n) is 11.3. The summed E-state index contributed by atoms with van der Waals surface area (Å²) in [6.07, 6.45) is 5.62. The van der Waals surface area contributed by atoms with Crippen LogP contribution in [-0.2, 0) is 11.3 Å². The first-order valence-corrected chi connectivity index (χ1v) is 11.3.